The molecule has 0 saturated heterocycles. The van der Waals surface area contributed by atoms with Crippen LogP contribution < -0.4 is 10.1 Å². The number of carboxylic acid groups (broad SMARTS) is 1. The van der Waals surface area contributed by atoms with E-state index in [9.17, 15) is 20.0 Å². The van der Waals surface area contributed by atoms with Crippen LogP contribution in [0.15, 0.2) is 24.3 Å². The maximum atomic E-state index is 12.8. The van der Waals surface area contributed by atoms with Crippen molar-refractivity contribution >= 4 is 28.2 Å². The minimum Gasteiger partial charge on any atom is -0.497 e. The number of carbonyl (C=O) groups is 2. The molecule has 0 radical (unpaired) electrons. The molecule has 2 atom stereocenters. The summed E-state index contributed by atoms with van der Waals surface area (Å²) in [5, 5.41) is 22.5. The number of nitrogens with one attached hydrogen (secondary N) is 1. The first-order valence-electron chi connectivity index (χ1n) is 9.17. The summed E-state index contributed by atoms with van der Waals surface area (Å²) in [6.07, 6.45) is 2.73. The van der Waals surface area contributed by atoms with Gasteiger partial charge in [-0.05, 0) is 37.5 Å². The van der Waals surface area contributed by atoms with Crippen LogP contribution >= 0.6 is 11.3 Å². The number of methoxy groups -OCH3 is 1. The van der Waals surface area contributed by atoms with Crippen molar-refractivity contribution in [3.8, 4) is 22.9 Å². The number of anilines is 1. The number of hydrogen-bond acceptors (Lipinski definition) is 5. The predicted octanol–water partition coefficient (Wildman–Crippen LogP) is 4.43. The van der Waals surface area contributed by atoms with Crippen LogP contribution in [0.5, 0.6) is 5.75 Å². The van der Waals surface area contributed by atoms with Gasteiger partial charge < -0.3 is 15.2 Å². The smallest absolute Gasteiger partial charge is 0.307 e. The SMILES string of the molecule is COc1ccc(-c2c(C)sc(NC(=O)[C@H]3CCCC[C@@H]3C(=O)O)c2C#N)cc1. The van der Waals surface area contributed by atoms with Gasteiger partial charge in [-0.15, -0.1) is 11.3 Å². The zero-order chi connectivity index (χ0) is 20.3. The molecule has 0 aliphatic heterocycles. The van der Waals surface area contributed by atoms with Gasteiger partial charge in [-0.1, -0.05) is 25.0 Å². The highest BCUT2D eigenvalue weighted by atomic mass is 32.1. The summed E-state index contributed by atoms with van der Waals surface area (Å²) >= 11 is 1.34. The van der Waals surface area contributed by atoms with Crippen molar-refractivity contribution in [2.24, 2.45) is 11.8 Å². The molecule has 1 aromatic heterocycles. The van der Waals surface area contributed by atoms with Crippen LogP contribution in [-0.2, 0) is 9.59 Å². The van der Waals surface area contributed by atoms with Crippen molar-refractivity contribution in [2.75, 3.05) is 12.4 Å². The minimum absolute atomic E-state index is 0.314. The Morgan fingerprint density at radius 2 is 1.86 bits per heavy atom. The van der Waals surface area contributed by atoms with Crippen molar-refractivity contribution in [3.63, 3.8) is 0 Å². The Kier molecular flexibility index (Phi) is 6.00. The highest BCUT2D eigenvalue weighted by molar-refractivity contribution is 7.17. The van der Waals surface area contributed by atoms with Crippen LogP contribution in [-0.4, -0.2) is 24.1 Å². The number of carboxylic acids is 1. The summed E-state index contributed by atoms with van der Waals surface area (Å²) in [5.74, 6) is -1.75. The van der Waals surface area contributed by atoms with E-state index in [-0.39, 0.29) is 5.91 Å². The second kappa shape index (κ2) is 8.44. The molecule has 1 saturated carbocycles. The minimum atomic E-state index is -0.929. The number of benzene rings is 1. The fourth-order valence-corrected chi connectivity index (χ4v) is 4.82. The maximum Gasteiger partial charge on any atom is 0.307 e. The summed E-state index contributed by atoms with van der Waals surface area (Å²) in [7, 11) is 1.59. The lowest BCUT2D eigenvalue weighted by atomic mass is 9.79. The molecule has 7 heteroatoms. The van der Waals surface area contributed by atoms with E-state index in [1.54, 1.807) is 7.11 Å². The molecular formula is C21H22N2O4S. The summed E-state index contributed by atoms with van der Waals surface area (Å²) in [5.41, 5.74) is 2.06. The molecule has 28 heavy (non-hydrogen) atoms. The molecule has 6 nitrogen and oxygen atoms in total. The normalized spacial score (nSPS) is 18.9. The van der Waals surface area contributed by atoms with E-state index < -0.39 is 17.8 Å². The van der Waals surface area contributed by atoms with Crippen LogP contribution in [0, 0.1) is 30.1 Å². The first kappa shape index (κ1) is 19.9. The number of nitriles is 1. The fraction of sp³-hybridized carbons (Fsp3) is 0.381. The Morgan fingerprint density at radius 1 is 1.21 bits per heavy atom. The molecular weight excluding hydrogens is 376 g/mol. The number of aryl methyl sites for hydroxylation is 1. The van der Waals surface area contributed by atoms with E-state index in [0.717, 1.165) is 34.6 Å². The van der Waals surface area contributed by atoms with Gasteiger partial charge in [0.25, 0.3) is 0 Å². The largest absolute Gasteiger partial charge is 0.497 e. The van der Waals surface area contributed by atoms with Crippen molar-refractivity contribution in [3.05, 3.63) is 34.7 Å². The second-order valence-corrected chi connectivity index (χ2v) is 8.13. The van der Waals surface area contributed by atoms with Gasteiger partial charge in [-0.2, -0.15) is 5.26 Å². The third-order valence-corrected chi connectivity index (χ3v) is 6.25. The molecule has 1 heterocycles. The number of rotatable bonds is 5. The standard InChI is InChI=1S/C21H22N2O4S/c1-12-18(13-7-9-14(27-2)10-8-13)17(11-22)20(28-12)23-19(24)15-5-3-4-6-16(15)21(25)26/h7-10,15-16H,3-6H2,1-2H3,(H,23,24)(H,25,26)/t15-,16-/m0/s1. The Morgan fingerprint density at radius 3 is 2.43 bits per heavy atom. The summed E-state index contributed by atoms with van der Waals surface area (Å²) < 4.78 is 5.18. The number of amides is 1. The van der Waals surface area contributed by atoms with Crippen LogP contribution in [0.25, 0.3) is 11.1 Å². The van der Waals surface area contributed by atoms with E-state index in [1.807, 2.05) is 31.2 Å². The van der Waals surface area contributed by atoms with E-state index in [1.165, 1.54) is 11.3 Å². The van der Waals surface area contributed by atoms with Crippen molar-refractivity contribution in [1.29, 1.82) is 5.26 Å². The van der Waals surface area contributed by atoms with Crippen molar-refractivity contribution < 1.29 is 19.4 Å². The topological polar surface area (TPSA) is 99.4 Å². The molecule has 1 fully saturated rings. The van der Waals surface area contributed by atoms with Gasteiger partial charge in [-0.3, -0.25) is 9.59 Å². The molecule has 2 aromatic rings. The Balaban J connectivity index is 1.89. The highest BCUT2D eigenvalue weighted by Gasteiger charge is 2.36. The summed E-state index contributed by atoms with van der Waals surface area (Å²) in [4.78, 5) is 25.2. The van der Waals surface area contributed by atoms with E-state index in [2.05, 4.69) is 11.4 Å². The first-order chi connectivity index (χ1) is 13.5. The Hall–Kier alpha value is -2.85. The lowest BCUT2D eigenvalue weighted by Gasteiger charge is -2.27. The monoisotopic (exact) mass is 398 g/mol. The number of thiophene rings is 1. The van der Waals surface area contributed by atoms with Crippen LogP contribution in [0.3, 0.4) is 0 Å². The third-order valence-electron chi connectivity index (χ3n) is 5.23. The highest BCUT2D eigenvalue weighted by Crippen LogP contribution is 2.40. The number of hydrogen-bond donors (Lipinski definition) is 2. The average molecular weight is 398 g/mol. The van der Waals surface area contributed by atoms with E-state index >= 15 is 0 Å². The van der Waals surface area contributed by atoms with Gasteiger partial charge in [0.05, 0.1) is 24.5 Å². The zero-order valence-corrected chi connectivity index (χ0v) is 16.6. The van der Waals surface area contributed by atoms with E-state index in [4.69, 9.17) is 4.74 Å². The number of carbonyl (C=O) groups excluding carboxylic acids is 1. The fourth-order valence-electron chi connectivity index (χ4n) is 3.79. The van der Waals surface area contributed by atoms with Gasteiger partial charge >= 0.3 is 5.97 Å². The van der Waals surface area contributed by atoms with Crippen LogP contribution in [0.4, 0.5) is 5.00 Å². The lowest BCUT2D eigenvalue weighted by Crippen LogP contribution is -2.36. The zero-order valence-electron chi connectivity index (χ0n) is 15.8. The molecule has 146 valence electrons. The van der Waals surface area contributed by atoms with Gasteiger partial charge in [0.15, 0.2) is 0 Å². The van der Waals surface area contributed by atoms with Crippen molar-refractivity contribution in [2.45, 2.75) is 32.6 Å². The second-order valence-electron chi connectivity index (χ2n) is 6.90. The molecule has 0 unspecified atom stereocenters. The number of aliphatic carboxylic acids is 1. The molecule has 3 rings (SSSR count). The molecule has 2 N–H and O–H groups in total. The Bertz CT molecular complexity index is 927. The molecule has 1 amide bonds. The van der Waals surface area contributed by atoms with Crippen LogP contribution in [0.1, 0.15) is 36.1 Å². The first-order valence-corrected chi connectivity index (χ1v) is 9.99. The molecule has 1 aliphatic carbocycles. The van der Waals surface area contributed by atoms with Gasteiger partial charge in [0.1, 0.15) is 16.8 Å². The average Bonchev–Trinajstić information content (AvgIpc) is 3.02. The predicted molar refractivity (Wildman–Crippen MR) is 107 cm³/mol. The van der Waals surface area contributed by atoms with Gasteiger partial charge in [-0.25, -0.2) is 0 Å². The summed E-state index contributed by atoms with van der Waals surface area (Å²) in [6, 6.07) is 9.61. The Labute approximate surface area is 167 Å². The molecule has 1 aliphatic rings. The van der Waals surface area contributed by atoms with E-state index in [0.29, 0.717) is 23.4 Å². The third kappa shape index (κ3) is 3.87. The molecule has 0 bridgehead atoms. The maximum absolute atomic E-state index is 12.8. The van der Waals surface area contributed by atoms with Crippen LogP contribution in [0.2, 0.25) is 0 Å². The number of ether oxygens (including phenoxy) is 1. The van der Waals surface area contributed by atoms with Gasteiger partial charge in [0, 0.05) is 10.4 Å². The van der Waals surface area contributed by atoms with Crippen molar-refractivity contribution in [1.82, 2.24) is 0 Å². The van der Waals surface area contributed by atoms with Gasteiger partial charge in [0.2, 0.25) is 5.91 Å². The summed E-state index contributed by atoms with van der Waals surface area (Å²) in [6.45, 7) is 1.90. The quantitative estimate of drug-likeness (QED) is 0.776. The molecule has 1 aromatic carbocycles. The lowest BCUT2D eigenvalue weighted by molar-refractivity contribution is -0.147. The number of nitrogens with zero attached hydrogens (tertiary/aromatic N) is 1. The molecule has 0 spiro atoms.